The molecular formula is C16H28IN5. The Morgan fingerprint density at radius 3 is 2.64 bits per heavy atom. The first kappa shape index (κ1) is 19.0. The van der Waals surface area contributed by atoms with Crippen LogP contribution in [0.4, 0.5) is 5.82 Å². The van der Waals surface area contributed by atoms with Gasteiger partial charge in [0.15, 0.2) is 5.96 Å². The van der Waals surface area contributed by atoms with Crippen LogP contribution in [0.3, 0.4) is 0 Å². The lowest BCUT2D eigenvalue weighted by atomic mass is 9.96. The number of aromatic nitrogens is 1. The smallest absolute Gasteiger partial charge is 0.191 e. The highest BCUT2D eigenvalue weighted by atomic mass is 127. The zero-order valence-electron chi connectivity index (χ0n) is 13.8. The van der Waals surface area contributed by atoms with Gasteiger partial charge in [0.25, 0.3) is 0 Å². The summed E-state index contributed by atoms with van der Waals surface area (Å²) in [6, 6.07) is 6.65. The Morgan fingerprint density at radius 2 is 2.00 bits per heavy atom. The third-order valence-corrected chi connectivity index (χ3v) is 3.86. The average Bonchev–Trinajstić information content (AvgIpc) is 2.52. The van der Waals surface area contributed by atoms with Crippen molar-refractivity contribution in [2.24, 2.45) is 4.99 Å². The molecule has 0 aliphatic heterocycles. The molecule has 2 N–H and O–H groups in total. The van der Waals surface area contributed by atoms with E-state index in [0.29, 0.717) is 12.6 Å². The van der Waals surface area contributed by atoms with Crippen molar-refractivity contribution in [1.29, 1.82) is 0 Å². The van der Waals surface area contributed by atoms with Crippen LogP contribution in [0, 0.1) is 0 Å². The predicted molar refractivity (Wildman–Crippen MR) is 104 cm³/mol. The average molecular weight is 417 g/mol. The van der Waals surface area contributed by atoms with Gasteiger partial charge in [-0.3, -0.25) is 4.99 Å². The van der Waals surface area contributed by atoms with Crippen molar-refractivity contribution >= 4 is 35.8 Å². The Bertz CT molecular complexity index is 469. The van der Waals surface area contributed by atoms with Crippen molar-refractivity contribution in [3.8, 4) is 0 Å². The van der Waals surface area contributed by atoms with Crippen LogP contribution in [0.5, 0.6) is 0 Å². The minimum absolute atomic E-state index is 0. The van der Waals surface area contributed by atoms with E-state index in [2.05, 4.69) is 20.6 Å². The van der Waals surface area contributed by atoms with Gasteiger partial charge in [-0.05, 0) is 25.0 Å². The number of halogens is 1. The Kier molecular flexibility index (Phi) is 8.52. The van der Waals surface area contributed by atoms with E-state index >= 15 is 0 Å². The zero-order chi connectivity index (χ0) is 15.1. The first-order chi connectivity index (χ1) is 10.2. The maximum atomic E-state index is 4.61. The van der Waals surface area contributed by atoms with Crippen LogP contribution in [0.15, 0.2) is 23.2 Å². The standard InChI is InChI=1S/C16H27N5.HI/c1-17-16(20-13-8-5-4-6-9-13)18-12-14-10-7-11-15(19-14)21(2)3;/h7,10-11,13H,4-6,8-9,12H2,1-3H3,(H2,17,18,20);1H. The monoisotopic (exact) mass is 417 g/mol. The Morgan fingerprint density at radius 1 is 1.27 bits per heavy atom. The van der Waals surface area contributed by atoms with Gasteiger partial charge in [0.2, 0.25) is 0 Å². The molecule has 0 unspecified atom stereocenters. The highest BCUT2D eigenvalue weighted by Gasteiger charge is 2.14. The van der Waals surface area contributed by atoms with Crippen LogP contribution in [0.2, 0.25) is 0 Å². The second-order valence-corrected chi connectivity index (χ2v) is 5.79. The summed E-state index contributed by atoms with van der Waals surface area (Å²) in [5.41, 5.74) is 1.02. The largest absolute Gasteiger partial charge is 0.363 e. The van der Waals surface area contributed by atoms with E-state index < -0.39 is 0 Å². The molecular weight excluding hydrogens is 389 g/mol. The fourth-order valence-electron chi connectivity index (χ4n) is 2.62. The Balaban J connectivity index is 0.00000242. The van der Waals surface area contributed by atoms with Crippen LogP contribution < -0.4 is 15.5 Å². The van der Waals surface area contributed by atoms with Crippen LogP contribution in [0.1, 0.15) is 37.8 Å². The topological polar surface area (TPSA) is 52.6 Å². The van der Waals surface area contributed by atoms with E-state index in [1.807, 2.05) is 44.2 Å². The van der Waals surface area contributed by atoms with Crippen molar-refractivity contribution in [2.75, 3.05) is 26.0 Å². The van der Waals surface area contributed by atoms with Gasteiger partial charge in [-0.25, -0.2) is 4.98 Å². The van der Waals surface area contributed by atoms with Gasteiger partial charge in [-0.2, -0.15) is 0 Å². The molecule has 2 rings (SSSR count). The number of anilines is 1. The number of rotatable bonds is 4. The molecule has 0 atom stereocenters. The summed E-state index contributed by atoms with van der Waals surface area (Å²) < 4.78 is 0. The van der Waals surface area contributed by atoms with Crippen LogP contribution in [-0.2, 0) is 6.54 Å². The second-order valence-electron chi connectivity index (χ2n) is 5.79. The van der Waals surface area contributed by atoms with E-state index in [1.165, 1.54) is 32.1 Å². The molecule has 5 nitrogen and oxygen atoms in total. The van der Waals surface area contributed by atoms with Crippen molar-refractivity contribution in [2.45, 2.75) is 44.7 Å². The SMILES string of the molecule is CN=C(NCc1cccc(N(C)C)n1)NC1CCCCC1.I. The van der Waals surface area contributed by atoms with Gasteiger partial charge >= 0.3 is 0 Å². The lowest BCUT2D eigenvalue weighted by molar-refractivity contribution is 0.410. The minimum atomic E-state index is 0. The van der Waals surface area contributed by atoms with Crippen molar-refractivity contribution in [1.82, 2.24) is 15.6 Å². The third-order valence-electron chi connectivity index (χ3n) is 3.86. The number of guanidine groups is 1. The number of nitrogens with one attached hydrogen (secondary N) is 2. The molecule has 1 heterocycles. The summed E-state index contributed by atoms with van der Waals surface area (Å²) in [6.07, 6.45) is 6.50. The van der Waals surface area contributed by atoms with Gasteiger partial charge in [0.05, 0.1) is 12.2 Å². The highest BCUT2D eigenvalue weighted by Crippen LogP contribution is 2.17. The summed E-state index contributed by atoms with van der Waals surface area (Å²) in [4.78, 5) is 10.9. The summed E-state index contributed by atoms with van der Waals surface area (Å²) in [7, 11) is 5.83. The summed E-state index contributed by atoms with van der Waals surface area (Å²) in [6.45, 7) is 0.689. The maximum absolute atomic E-state index is 4.61. The Hall–Kier alpha value is -1.05. The number of hydrogen-bond donors (Lipinski definition) is 2. The van der Waals surface area contributed by atoms with Crippen molar-refractivity contribution < 1.29 is 0 Å². The summed E-state index contributed by atoms with van der Waals surface area (Å²) in [5, 5.41) is 6.87. The third kappa shape index (κ3) is 5.98. The van der Waals surface area contributed by atoms with Crippen LogP contribution in [0.25, 0.3) is 0 Å². The molecule has 1 saturated carbocycles. The van der Waals surface area contributed by atoms with E-state index in [9.17, 15) is 0 Å². The predicted octanol–water partition coefficient (Wildman–Crippen LogP) is 2.76. The van der Waals surface area contributed by atoms with Crippen molar-refractivity contribution in [3.05, 3.63) is 23.9 Å². The molecule has 1 aliphatic rings. The first-order valence-electron chi connectivity index (χ1n) is 7.79. The molecule has 1 aromatic heterocycles. The van der Waals surface area contributed by atoms with Gasteiger partial charge in [0.1, 0.15) is 5.82 Å². The van der Waals surface area contributed by atoms with Crippen LogP contribution >= 0.6 is 24.0 Å². The molecule has 1 aliphatic carbocycles. The molecule has 0 aromatic carbocycles. The van der Waals surface area contributed by atoms with Gasteiger partial charge in [0, 0.05) is 27.2 Å². The van der Waals surface area contributed by atoms with E-state index in [1.54, 1.807) is 0 Å². The lowest BCUT2D eigenvalue weighted by Crippen LogP contribution is -2.43. The van der Waals surface area contributed by atoms with Gasteiger partial charge in [-0.15, -0.1) is 24.0 Å². The normalized spacial score (nSPS) is 15.9. The quantitative estimate of drug-likeness (QED) is 0.450. The fraction of sp³-hybridized carbons (Fsp3) is 0.625. The highest BCUT2D eigenvalue weighted by molar-refractivity contribution is 14.0. The minimum Gasteiger partial charge on any atom is -0.363 e. The van der Waals surface area contributed by atoms with E-state index in [0.717, 1.165) is 17.5 Å². The molecule has 124 valence electrons. The maximum Gasteiger partial charge on any atom is 0.191 e. The number of nitrogens with zero attached hydrogens (tertiary/aromatic N) is 3. The molecule has 0 spiro atoms. The molecule has 1 aromatic rings. The molecule has 22 heavy (non-hydrogen) atoms. The lowest BCUT2D eigenvalue weighted by Gasteiger charge is -2.24. The van der Waals surface area contributed by atoms with Crippen molar-refractivity contribution in [3.63, 3.8) is 0 Å². The summed E-state index contributed by atoms with van der Waals surface area (Å²) >= 11 is 0. The fourth-order valence-corrected chi connectivity index (χ4v) is 2.62. The molecule has 1 fully saturated rings. The van der Waals surface area contributed by atoms with E-state index in [-0.39, 0.29) is 24.0 Å². The van der Waals surface area contributed by atoms with E-state index in [4.69, 9.17) is 0 Å². The van der Waals surface area contributed by atoms with Gasteiger partial charge < -0.3 is 15.5 Å². The van der Waals surface area contributed by atoms with Gasteiger partial charge in [-0.1, -0.05) is 25.3 Å². The molecule has 0 amide bonds. The summed E-state index contributed by atoms with van der Waals surface area (Å²) in [5.74, 6) is 1.85. The molecule has 0 saturated heterocycles. The van der Waals surface area contributed by atoms with Crippen LogP contribution in [-0.4, -0.2) is 38.1 Å². The first-order valence-corrected chi connectivity index (χ1v) is 7.79. The second kappa shape index (κ2) is 9.86. The molecule has 0 bridgehead atoms. The number of hydrogen-bond acceptors (Lipinski definition) is 3. The Labute approximate surface area is 151 Å². The molecule has 0 radical (unpaired) electrons. The number of aliphatic imine (C=N–C) groups is 1. The molecule has 6 heteroatoms. The zero-order valence-corrected chi connectivity index (χ0v) is 16.1. The number of pyridine rings is 1.